The Bertz CT molecular complexity index is 791. The third-order valence-electron chi connectivity index (χ3n) is 2.84. The van der Waals surface area contributed by atoms with Crippen LogP contribution in [0.15, 0.2) is 51.9 Å². The molecule has 0 N–H and O–H groups in total. The van der Waals surface area contributed by atoms with Crippen molar-refractivity contribution in [1.29, 1.82) is 0 Å². The number of benzene rings is 2. The molecule has 88 valence electrons. The summed E-state index contributed by atoms with van der Waals surface area (Å²) >= 11 is 0. The van der Waals surface area contributed by atoms with Crippen LogP contribution in [0.3, 0.4) is 0 Å². The molecular formula is C13H7NO4. The van der Waals surface area contributed by atoms with Crippen LogP contribution in [0.25, 0.3) is 22.1 Å². The molecule has 1 aliphatic carbocycles. The van der Waals surface area contributed by atoms with Gasteiger partial charge in [0.1, 0.15) is 5.76 Å². The summed E-state index contributed by atoms with van der Waals surface area (Å²) in [5.74, 6) is 0.351. The maximum absolute atomic E-state index is 12.1. The summed E-state index contributed by atoms with van der Waals surface area (Å²) in [4.78, 5) is 22.2. The number of hydrogen-bond donors (Lipinski definition) is 0. The molecule has 3 rings (SSSR count). The second kappa shape index (κ2) is 3.66. The molecule has 18 heavy (non-hydrogen) atoms. The van der Waals surface area contributed by atoms with Crippen molar-refractivity contribution < 1.29 is 9.34 Å². The monoisotopic (exact) mass is 241 g/mol. The van der Waals surface area contributed by atoms with Crippen molar-refractivity contribution in [3.05, 3.63) is 63.0 Å². The summed E-state index contributed by atoms with van der Waals surface area (Å²) in [6, 6.07) is 9.74. The fourth-order valence-electron chi connectivity index (χ4n) is 2.01. The van der Waals surface area contributed by atoms with Crippen LogP contribution >= 0.6 is 0 Å². The second-order valence-electron chi connectivity index (χ2n) is 3.87. The molecule has 0 atom stereocenters. The first-order valence-corrected chi connectivity index (χ1v) is 5.26. The highest BCUT2D eigenvalue weighted by Gasteiger charge is 2.21. The van der Waals surface area contributed by atoms with E-state index in [0.29, 0.717) is 11.1 Å². The number of nitro benzene ring substituents is 1. The van der Waals surface area contributed by atoms with Gasteiger partial charge < -0.3 is 4.42 Å². The van der Waals surface area contributed by atoms with E-state index >= 15 is 0 Å². The van der Waals surface area contributed by atoms with E-state index in [2.05, 4.69) is 0 Å². The summed E-state index contributed by atoms with van der Waals surface area (Å²) in [5.41, 5.74) is -0.797. The van der Waals surface area contributed by atoms with E-state index in [0.717, 1.165) is 5.39 Å². The summed E-state index contributed by atoms with van der Waals surface area (Å²) in [6.07, 6.45) is 1.53. The predicted molar refractivity (Wildman–Crippen MR) is 65.8 cm³/mol. The Hall–Kier alpha value is -2.69. The van der Waals surface area contributed by atoms with Crippen molar-refractivity contribution in [2.75, 3.05) is 0 Å². The number of hydrogen-bond acceptors (Lipinski definition) is 4. The number of non-ortho nitro benzene ring substituents is 1. The Balaban J connectivity index is 2.55. The zero-order valence-electron chi connectivity index (χ0n) is 9.12. The molecule has 1 aromatic rings. The van der Waals surface area contributed by atoms with Crippen LogP contribution in [-0.2, 0) is 0 Å². The smallest absolute Gasteiger partial charge is 0.317 e. The van der Waals surface area contributed by atoms with Crippen molar-refractivity contribution in [2.45, 2.75) is 0 Å². The first-order valence-electron chi connectivity index (χ1n) is 5.26. The first kappa shape index (κ1) is 10.5. The van der Waals surface area contributed by atoms with Gasteiger partial charge in [-0.1, -0.05) is 24.3 Å². The van der Waals surface area contributed by atoms with Crippen LogP contribution in [-0.4, -0.2) is 4.92 Å². The Morgan fingerprint density at radius 3 is 2.67 bits per heavy atom. The normalized spacial score (nSPS) is 10.9. The SMILES string of the molecule is O=c1c([N+](=O)[O-])ccc2occ3ccccc3c1-2. The van der Waals surface area contributed by atoms with E-state index < -0.39 is 16.0 Å². The van der Waals surface area contributed by atoms with Crippen molar-refractivity contribution in [3.8, 4) is 11.3 Å². The zero-order valence-corrected chi connectivity index (χ0v) is 9.12. The van der Waals surface area contributed by atoms with Crippen LogP contribution in [0.4, 0.5) is 5.69 Å². The van der Waals surface area contributed by atoms with Gasteiger partial charge in [-0.3, -0.25) is 14.9 Å². The van der Waals surface area contributed by atoms with Crippen LogP contribution in [0.1, 0.15) is 0 Å². The molecule has 0 fully saturated rings. The van der Waals surface area contributed by atoms with Crippen LogP contribution < -0.4 is 5.43 Å². The van der Waals surface area contributed by atoms with Gasteiger partial charge in [0.2, 0.25) is 0 Å². The molecule has 2 aliphatic rings. The quantitative estimate of drug-likeness (QED) is 0.373. The highest BCUT2D eigenvalue weighted by Crippen LogP contribution is 2.29. The lowest BCUT2D eigenvalue weighted by atomic mass is 10.0. The summed E-state index contributed by atoms with van der Waals surface area (Å²) in [5, 5.41) is 12.2. The highest BCUT2D eigenvalue weighted by molar-refractivity contribution is 5.95. The zero-order chi connectivity index (χ0) is 12.7. The number of rotatable bonds is 1. The topological polar surface area (TPSA) is 73.3 Å². The average Bonchev–Trinajstić information content (AvgIpc) is 2.38. The molecule has 0 aromatic heterocycles. The first-order chi connectivity index (χ1) is 8.68. The maximum Gasteiger partial charge on any atom is 0.317 e. The van der Waals surface area contributed by atoms with Gasteiger partial charge in [-0.05, 0) is 11.5 Å². The van der Waals surface area contributed by atoms with Gasteiger partial charge in [0.25, 0.3) is 5.43 Å². The average molecular weight is 241 g/mol. The lowest BCUT2D eigenvalue weighted by Crippen LogP contribution is -2.11. The summed E-state index contributed by atoms with van der Waals surface area (Å²) in [7, 11) is 0. The molecule has 0 amide bonds. The van der Waals surface area contributed by atoms with Gasteiger partial charge in [0.05, 0.1) is 16.7 Å². The van der Waals surface area contributed by atoms with Gasteiger partial charge in [-0.15, -0.1) is 0 Å². The Kier molecular flexibility index (Phi) is 2.13. The van der Waals surface area contributed by atoms with Gasteiger partial charge in [0.15, 0.2) is 0 Å². The maximum atomic E-state index is 12.1. The number of nitro groups is 1. The second-order valence-corrected chi connectivity index (χ2v) is 3.87. The molecule has 1 heterocycles. The Morgan fingerprint density at radius 2 is 1.89 bits per heavy atom. The van der Waals surface area contributed by atoms with E-state index in [9.17, 15) is 14.9 Å². The molecule has 0 saturated carbocycles. The van der Waals surface area contributed by atoms with Crippen molar-refractivity contribution in [2.24, 2.45) is 0 Å². The van der Waals surface area contributed by atoms with Crippen molar-refractivity contribution in [1.82, 2.24) is 0 Å². The summed E-state index contributed by atoms with van der Waals surface area (Å²) in [6.45, 7) is 0. The largest absolute Gasteiger partial charge is 0.464 e. The predicted octanol–water partition coefficient (Wildman–Crippen LogP) is 2.81. The molecule has 5 heteroatoms. The summed E-state index contributed by atoms with van der Waals surface area (Å²) < 4.78 is 5.32. The standard InChI is InChI=1S/C13H7NO4/c15-13-10(14(16)17)5-6-11-12(13)9-4-2-1-3-8(9)7-18-11/h1-7H. The van der Waals surface area contributed by atoms with E-state index in [1.165, 1.54) is 18.4 Å². The minimum atomic E-state index is -0.677. The minimum Gasteiger partial charge on any atom is -0.464 e. The van der Waals surface area contributed by atoms with Crippen LogP contribution in [0.2, 0.25) is 0 Å². The van der Waals surface area contributed by atoms with E-state index in [-0.39, 0.29) is 5.56 Å². The Labute approximate surface area is 101 Å². The number of fused-ring (bicyclic) bond motifs is 3. The molecule has 0 saturated heterocycles. The molecule has 0 radical (unpaired) electrons. The molecule has 0 unspecified atom stereocenters. The fraction of sp³-hybridized carbons (Fsp3) is 0. The van der Waals surface area contributed by atoms with Gasteiger partial charge in [-0.2, -0.15) is 0 Å². The Morgan fingerprint density at radius 1 is 1.11 bits per heavy atom. The lowest BCUT2D eigenvalue weighted by molar-refractivity contribution is -0.385. The molecule has 0 bridgehead atoms. The van der Waals surface area contributed by atoms with Crippen LogP contribution in [0.5, 0.6) is 0 Å². The van der Waals surface area contributed by atoms with Gasteiger partial charge in [0, 0.05) is 11.5 Å². The lowest BCUT2D eigenvalue weighted by Gasteiger charge is -2.06. The molecule has 1 aliphatic heterocycles. The number of nitrogens with zero attached hydrogens (tertiary/aromatic N) is 1. The fourth-order valence-corrected chi connectivity index (χ4v) is 2.01. The third-order valence-corrected chi connectivity index (χ3v) is 2.84. The van der Waals surface area contributed by atoms with Crippen molar-refractivity contribution >= 4 is 16.5 Å². The third kappa shape index (κ3) is 1.37. The van der Waals surface area contributed by atoms with Crippen LogP contribution in [0, 0.1) is 10.1 Å². The van der Waals surface area contributed by atoms with E-state index in [4.69, 9.17) is 4.42 Å². The van der Waals surface area contributed by atoms with Gasteiger partial charge >= 0.3 is 5.69 Å². The molecule has 0 spiro atoms. The molecule has 1 aromatic carbocycles. The highest BCUT2D eigenvalue weighted by atomic mass is 16.6. The van der Waals surface area contributed by atoms with E-state index in [1.807, 2.05) is 6.07 Å². The van der Waals surface area contributed by atoms with E-state index in [1.54, 1.807) is 18.2 Å². The van der Waals surface area contributed by atoms with Crippen molar-refractivity contribution in [3.63, 3.8) is 0 Å². The van der Waals surface area contributed by atoms with Gasteiger partial charge in [-0.25, -0.2) is 0 Å². The molecule has 5 nitrogen and oxygen atoms in total. The minimum absolute atomic E-state index is 0.252. The molecular weight excluding hydrogens is 234 g/mol.